The first kappa shape index (κ1) is 9.21. The second-order valence-electron chi connectivity index (χ2n) is 2.33. The number of aryl methyl sites for hydroxylation is 1. The summed E-state index contributed by atoms with van der Waals surface area (Å²) in [7, 11) is -3.36. The highest BCUT2D eigenvalue weighted by atomic mass is 32.2. The molecular weight excluding hydrogens is 178 g/mol. The Morgan fingerprint density at radius 2 is 2.33 bits per heavy atom. The Morgan fingerprint density at radius 3 is 2.75 bits per heavy atom. The van der Waals surface area contributed by atoms with Crippen molar-refractivity contribution < 1.29 is 8.42 Å². The van der Waals surface area contributed by atoms with Gasteiger partial charge < -0.3 is 4.98 Å². The average Bonchev–Trinajstić information content (AvgIpc) is 2.36. The first-order chi connectivity index (χ1) is 5.56. The predicted octanol–water partition coefficient (Wildman–Crippen LogP) is 0.0163. The van der Waals surface area contributed by atoms with Gasteiger partial charge in [-0.15, -0.1) is 0 Å². The maximum Gasteiger partial charge on any atom is 0.257 e. The van der Waals surface area contributed by atoms with Crippen LogP contribution in [0, 0.1) is 6.92 Å². The van der Waals surface area contributed by atoms with Gasteiger partial charge in [0, 0.05) is 6.54 Å². The lowest BCUT2D eigenvalue weighted by atomic mass is 10.8. The fourth-order valence-corrected chi connectivity index (χ4v) is 1.81. The van der Waals surface area contributed by atoms with Crippen LogP contribution in [0.4, 0.5) is 0 Å². The second-order valence-corrected chi connectivity index (χ2v) is 4.07. The summed E-state index contributed by atoms with van der Waals surface area (Å²) in [4.78, 5) is 6.43. The molecule has 0 amide bonds. The Bertz CT molecular complexity index is 355. The SMILES string of the molecule is CCNS(=O)(=O)c1cnc(C)[nH]1. The van der Waals surface area contributed by atoms with Gasteiger partial charge in [0.2, 0.25) is 0 Å². The first-order valence-electron chi connectivity index (χ1n) is 3.57. The molecule has 0 bridgehead atoms. The number of nitrogens with one attached hydrogen (secondary N) is 2. The van der Waals surface area contributed by atoms with E-state index in [-0.39, 0.29) is 5.03 Å². The molecule has 0 saturated carbocycles. The van der Waals surface area contributed by atoms with Crippen molar-refractivity contribution in [1.29, 1.82) is 0 Å². The third-order valence-corrected chi connectivity index (χ3v) is 2.76. The third-order valence-electron chi connectivity index (χ3n) is 1.30. The van der Waals surface area contributed by atoms with Crippen LogP contribution in [-0.2, 0) is 10.0 Å². The summed E-state index contributed by atoms with van der Waals surface area (Å²) < 4.78 is 24.9. The quantitative estimate of drug-likeness (QED) is 0.703. The fourth-order valence-electron chi connectivity index (χ4n) is 0.803. The number of hydrogen-bond acceptors (Lipinski definition) is 3. The number of rotatable bonds is 3. The van der Waals surface area contributed by atoms with Crippen molar-refractivity contribution in [2.75, 3.05) is 6.54 Å². The molecule has 1 heterocycles. The summed E-state index contributed by atoms with van der Waals surface area (Å²) in [5.74, 6) is 0.589. The monoisotopic (exact) mass is 189 g/mol. The van der Waals surface area contributed by atoms with Gasteiger partial charge in [-0.05, 0) is 6.92 Å². The summed E-state index contributed by atoms with van der Waals surface area (Å²) in [5, 5.41) is 0.113. The molecule has 5 nitrogen and oxygen atoms in total. The van der Waals surface area contributed by atoms with Crippen LogP contribution in [0.3, 0.4) is 0 Å². The van der Waals surface area contributed by atoms with Crippen molar-refractivity contribution in [3.05, 3.63) is 12.0 Å². The van der Waals surface area contributed by atoms with Crippen LogP contribution < -0.4 is 4.72 Å². The molecule has 0 unspecified atom stereocenters. The lowest BCUT2D eigenvalue weighted by Crippen LogP contribution is -2.23. The van der Waals surface area contributed by atoms with Crippen molar-refractivity contribution >= 4 is 10.0 Å². The van der Waals surface area contributed by atoms with Crippen LogP contribution >= 0.6 is 0 Å². The third kappa shape index (κ3) is 1.83. The van der Waals surface area contributed by atoms with E-state index in [1.165, 1.54) is 6.20 Å². The van der Waals surface area contributed by atoms with Gasteiger partial charge in [-0.2, -0.15) is 0 Å². The minimum Gasteiger partial charge on any atom is -0.332 e. The summed E-state index contributed by atoms with van der Waals surface area (Å²) in [6.07, 6.45) is 1.30. The molecule has 0 aliphatic rings. The molecule has 6 heteroatoms. The molecule has 0 aliphatic heterocycles. The maximum atomic E-state index is 11.3. The molecule has 0 spiro atoms. The van der Waals surface area contributed by atoms with Crippen LogP contribution in [0.2, 0.25) is 0 Å². The van der Waals surface area contributed by atoms with Gasteiger partial charge in [-0.25, -0.2) is 18.1 Å². The van der Waals surface area contributed by atoms with Crippen LogP contribution in [0.5, 0.6) is 0 Å². The maximum absolute atomic E-state index is 11.3. The van der Waals surface area contributed by atoms with E-state index in [1.807, 2.05) is 0 Å². The summed E-state index contributed by atoms with van der Waals surface area (Å²) >= 11 is 0. The Balaban J connectivity index is 2.98. The molecule has 1 aromatic heterocycles. The molecule has 0 saturated heterocycles. The number of aromatic amines is 1. The lowest BCUT2D eigenvalue weighted by Gasteiger charge is -1.99. The van der Waals surface area contributed by atoms with E-state index in [1.54, 1.807) is 13.8 Å². The second kappa shape index (κ2) is 3.24. The van der Waals surface area contributed by atoms with E-state index >= 15 is 0 Å². The summed E-state index contributed by atoms with van der Waals surface area (Å²) in [6, 6.07) is 0. The Morgan fingerprint density at radius 1 is 1.67 bits per heavy atom. The molecule has 12 heavy (non-hydrogen) atoms. The van der Waals surface area contributed by atoms with Crippen molar-refractivity contribution in [2.24, 2.45) is 0 Å². The minimum atomic E-state index is -3.36. The van der Waals surface area contributed by atoms with Gasteiger partial charge in [0.05, 0.1) is 6.20 Å². The number of hydrogen-bond donors (Lipinski definition) is 2. The molecule has 0 radical (unpaired) electrons. The highest BCUT2D eigenvalue weighted by Gasteiger charge is 2.14. The number of imidazole rings is 1. The highest BCUT2D eigenvalue weighted by molar-refractivity contribution is 7.89. The molecule has 0 fully saturated rings. The van der Waals surface area contributed by atoms with Gasteiger partial charge >= 0.3 is 0 Å². The van der Waals surface area contributed by atoms with Gasteiger partial charge in [0.15, 0.2) is 5.03 Å². The lowest BCUT2D eigenvalue weighted by molar-refractivity contribution is 0.580. The molecular formula is C6H11N3O2S. The van der Waals surface area contributed by atoms with E-state index < -0.39 is 10.0 Å². The molecule has 0 aliphatic carbocycles. The molecule has 68 valence electrons. The number of sulfonamides is 1. The van der Waals surface area contributed by atoms with Gasteiger partial charge in [-0.1, -0.05) is 6.92 Å². The molecule has 2 N–H and O–H groups in total. The Hall–Kier alpha value is -0.880. The van der Waals surface area contributed by atoms with E-state index in [0.717, 1.165) is 0 Å². The zero-order valence-electron chi connectivity index (χ0n) is 6.96. The smallest absolute Gasteiger partial charge is 0.257 e. The Labute approximate surface area is 71.3 Å². The topological polar surface area (TPSA) is 74.8 Å². The predicted molar refractivity (Wildman–Crippen MR) is 44.2 cm³/mol. The van der Waals surface area contributed by atoms with E-state index in [2.05, 4.69) is 14.7 Å². The molecule has 0 aromatic carbocycles. The summed E-state index contributed by atoms with van der Waals surface area (Å²) in [5.41, 5.74) is 0. The van der Waals surface area contributed by atoms with E-state index in [4.69, 9.17) is 0 Å². The van der Waals surface area contributed by atoms with Crippen molar-refractivity contribution in [3.63, 3.8) is 0 Å². The largest absolute Gasteiger partial charge is 0.332 e. The first-order valence-corrected chi connectivity index (χ1v) is 5.06. The van der Waals surface area contributed by atoms with Crippen LogP contribution in [0.25, 0.3) is 0 Å². The van der Waals surface area contributed by atoms with Gasteiger partial charge in [0.1, 0.15) is 5.82 Å². The van der Waals surface area contributed by atoms with E-state index in [9.17, 15) is 8.42 Å². The molecule has 1 rings (SSSR count). The van der Waals surface area contributed by atoms with E-state index in [0.29, 0.717) is 12.4 Å². The highest BCUT2D eigenvalue weighted by Crippen LogP contribution is 2.03. The standard InChI is InChI=1S/C6H11N3O2S/c1-3-8-12(10,11)6-4-7-5(2)9-6/h4,8H,3H2,1-2H3,(H,7,9). The zero-order chi connectivity index (χ0) is 9.19. The molecule has 0 atom stereocenters. The zero-order valence-corrected chi connectivity index (χ0v) is 7.77. The number of aromatic nitrogens is 2. The van der Waals surface area contributed by atoms with Gasteiger partial charge in [-0.3, -0.25) is 0 Å². The van der Waals surface area contributed by atoms with Crippen LogP contribution in [0.15, 0.2) is 11.2 Å². The van der Waals surface area contributed by atoms with Crippen LogP contribution in [0.1, 0.15) is 12.7 Å². The minimum absolute atomic E-state index is 0.113. The van der Waals surface area contributed by atoms with Crippen molar-refractivity contribution in [2.45, 2.75) is 18.9 Å². The molecule has 1 aromatic rings. The van der Waals surface area contributed by atoms with Crippen molar-refractivity contribution in [1.82, 2.24) is 14.7 Å². The number of nitrogens with zero attached hydrogens (tertiary/aromatic N) is 1. The number of H-pyrrole nitrogens is 1. The van der Waals surface area contributed by atoms with Crippen LogP contribution in [-0.4, -0.2) is 24.9 Å². The normalized spacial score (nSPS) is 11.8. The summed E-state index contributed by atoms with van der Waals surface area (Å²) in [6.45, 7) is 3.80. The average molecular weight is 189 g/mol. The Kier molecular flexibility index (Phi) is 2.49. The fraction of sp³-hybridized carbons (Fsp3) is 0.500. The van der Waals surface area contributed by atoms with Gasteiger partial charge in [0.25, 0.3) is 10.0 Å². The van der Waals surface area contributed by atoms with Crippen molar-refractivity contribution in [3.8, 4) is 0 Å².